The molecule has 0 aliphatic rings. The van der Waals surface area contributed by atoms with E-state index in [0.717, 1.165) is 22.4 Å². The Bertz CT molecular complexity index is 934. The fraction of sp³-hybridized carbons (Fsp3) is 0.269. The lowest BCUT2D eigenvalue weighted by Gasteiger charge is -2.25. The van der Waals surface area contributed by atoms with Crippen molar-refractivity contribution in [3.05, 3.63) is 102 Å². The third kappa shape index (κ3) is 7.72. The standard InChI is InChI=1S/C26H31N3O3/c1-32-23-14-12-22(13-15-23)17-27-19-25(30)24(16-20-8-4-2-5-9-20)29-26(31)28-18-21-10-6-3-7-11-21/h2-15,24-25,27,30H,16-19H2,1H3,(H2,28,29,31). The van der Waals surface area contributed by atoms with Gasteiger partial charge in [0.1, 0.15) is 5.75 Å². The molecular formula is C26H31N3O3. The number of methoxy groups -OCH3 is 1. The van der Waals surface area contributed by atoms with Crippen molar-refractivity contribution in [3.63, 3.8) is 0 Å². The number of aliphatic hydroxyl groups excluding tert-OH is 1. The molecule has 6 nitrogen and oxygen atoms in total. The fourth-order valence-corrected chi connectivity index (χ4v) is 3.40. The van der Waals surface area contributed by atoms with Gasteiger partial charge in [-0.05, 0) is 35.2 Å². The molecule has 0 aliphatic carbocycles. The van der Waals surface area contributed by atoms with Gasteiger partial charge >= 0.3 is 6.03 Å². The van der Waals surface area contributed by atoms with Gasteiger partial charge in [0.15, 0.2) is 0 Å². The van der Waals surface area contributed by atoms with Crippen LogP contribution in [0.2, 0.25) is 0 Å². The lowest BCUT2D eigenvalue weighted by Crippen LogP contribution is -2.51. The Kier molecular flexibility index (Phi) is 9.10. The van der Waals surface area contributed by atoms with Crippen LogP contribution in [0, 0.1) is 0 Å². The molecular weight excluding hydrogens is 402 g/mol. The summed E-state index contributed by atoms with van der Waals surface area (Å²) in [5, 5.41) is 19.9. The number of rotatable bonds is 11. The molecule has 2 unspecified atom stereocenters. The van der Waals surface area contributed by atoms with E-state index in [1.54, 1.807) is 7.11 Å². The minimum atomic E-state index is -0.754. The second-order valence-electron chi connectivity index (χ2n) is 7.66. The van der Waals surface area contributed by atoms with Gasteiger partial charge in [-0.1, -0.05) is 72.8 Å². The number of amides is 2. The van der Waals surface area contributed by atoms with Crippen molar-refractivity contribution in [3.8, 4) is 5.75 Å². The van der Waals surface area contributed by atoms with Crippen molar-refractivity contribution in [1.29, 1.82) is 0 Å². The van der Waals surface area contributed by atoms with Crippen molar-refractivity contribution in [2.45, 2.75) is 31.7 Å². The van der Waals surface area contributed by atoms with Crippen LogP contribution in [0.1, 0.15) is 16.7 Å². The highest BCUT2D eigenvalue weighted by molar-refractivity contribution is 5.74. The van der Waals surface area contributed by atoms with E-state index in [2.05, 4.69) is 16.0 Å². The van der Waals surface area contributed by atoms with Crippen LogP contribution >= 0.6 is 0 Å². The van der Waals surface area contributed by atoms with E-state index in [1.165, 1.54) is 0 Å². The second-order valence-corrected chi connectivity index (χ2v) is 7.66. The van der Waals surface area contributed by atoms with Crippen molar-refractivity contribution >= 4 is 6.03 Å². The van der Waals surface area contributed by atoms with Crippen LogP contribution in [0.25, 0.3) is 0 Å². The van der Waals surface area contributed by atoms with Crippen LogP contribution in [-0.2, 0) is 19.5 Å². The zero-order chi connectivity index (χ0) is 22.6. The molecule has 0 aromatic heterocycles. The van der Waals surface area contributed by atoms with Crippen molar-refractivity contribution in [2.24, 2.45) is 0 Å². The monoisotopic (exact) mass is 433 g/mol. The summed E-state index contributed by atoms with van der Waals surface area (Å²) < 4.78 is 5.18. The predicted molar refractivity (Wildman–Crippen MR) is 126 cm³/mol. The molecule has 2 atom stereocenters. The summed E-state index contributed by atoms with van der Waals surface area (Å²) in [6.07, 6.45) is -0.221. The van der Waals surface area contributed by atoms with Gasteiger partial charge in [0.25, 0.3) is 0 Å². The maximum Gasteiger partial charge on any atom is 0.315 e. The molecule has 3 rings (SSSR count). The SMILES string of the molecule is COc1ccc(CNCC(O)C(Cc2ccccc2)NC(=O)NCc2ccccc2)cc1. The third-order valence-corrected chi connectivity index (χ3v) is 5.22. The van der Waals surface area contributed by atoms with E-state index in [-0.39, 0.29) is 6.03 Å². The number of carbonyl (C=O) groups is 1. The fourth-order valence-electron chi connectivity index (χ4n) is 3.40. The molecule has 3 aromatic rings. The summed E-state index contributed by atoms with van der Waals surface area (Å²) in [6, 6.07) is 26.6. The van der Waals surface area contributed by atoms with Crippen molar-refractivity contribution in [1.82, 2.24) is 16.0 Å². The second kappa shape index (κ2) is 12.5. The van der Waals surface area contributed by atoms with E-state index >= 15 is 0 Å². The number of ether oxygens (including phenoxy) is 1. The highest BCUT2D eigenvalue weighted by Gasteiger charge is 2.21. The number of carbonyl (C=O) groups excluding carboxylic acids is 1. The minimum Gasteiger partial charge on any atom is -0.497 e. The molecule has 0 aliphatic heterocycles. The predicted octanol–water partition coefficient (Wildman–Crippen LogP) is 3.26. The molecule has 4 N–H and O–H groups in total. The highest BCUT2D eigenvalue weighted by Crippen LogP contribution is 2.11. The third-order valence-electron chi connectivity index (χ3n) is 5.22. The largest absolute Gasteiger partial charge is 0.497 e. The Morgan fingerprint density at radius 2 is 1.44 bits per heavy atom. The topological polar surface area (TPSA) is 82.6 Å². The molecule has 6 heteroatoms. The van der Waals surface area contributed by atoms with Crippen molar-refractivity contribution < 1.29 is 14.6 Å². The minimum absolute atomic E-state index is 0.302. The van der Waals surface area contributed by atoms with Crippen LogP contribution in [0.15, 0.2) is 84.9 Å². The number of benzene rings is 3. The van der Waals surface area contributed by atoms with Crippen LogP contribution in [0.4, 0.5) is 4.79 Å². The Morgan fingerprint density at radius 1 is 0.844 bits per heavy atom. The van der Waals surface area contributed by atoms with E-state index in [1.807, 2.05) is 84.9 Å². The van der Waals surface area contributed by atoms with Crippen LogP contribution < -0.4 is 20.7 Å². The van der Waals surface area contributed by atoms with E-state index < -0.39 is 12.1 Å². The molecule has 0 spiro atoms. The summed E-state index contributed by atoms with van der Waals surface area (Å²) in [5.41, 5.74) is 3.16. The summed E-state index contributed by atoms with van der Waals surface area (Å²) in [6.45, 7) is 1.39. The molecule has 0 radical (unpaired) electrons. The zero-order valence-electron chi connectivity index (χ0n) is 18.3. The summed E-state index contributed by atoms with van der Waals surface area (Å²) in [5.74, 6) is 0.808. The van der Waals surface area contributed by atoms with E-state index in [0.29, 0.717) is 26.1 Å². The number of hydrogen-bond acceptors (Lipinski definition) is 4. The lowest BCUT2D eigenvalue weighted by molar-refractivity contribution is 0.126. The zero-order valence-corrected chi connectivity index (χ0v) is 18.3. The Hall–Kier alpha value is -3.35. The summed E-state index contributed by atoms with van der Waals surface area (Å²) in [7, 11) is 1.64. The number of hydrogen-bond donors (Lipinski definition) is 4. The Morgan fingerprint density at radius 3 is 2.06 bits per heavy atom. The van der Waals surface area contributed by atoms with E-state index in [9.17, 15) is 9.90 Å². The first kappa shape index (κ1) is 23.3. The van der Waals surface area contributed by atoms with Gasteiger partial charge in [-0.2, -0.15) is 0 Å². The van der Waals surface area contributed by atoms with Crippen molar-refractivity contribution in [2.75, 3.05) is 13.7 Å². The molecule has 3 aromatic carbocycles. The first-order valence-electron chi connectivity index (χ1n) is 10.8. The lowest BCUT2D eigenvalue weighted by atomic mass is 10.0. The Labute approximate surface area is 189 Å². The van der Waals surface area contributed by atoms with Gasteiger partial charge in [0.2, 0.25) is 0 Å². The summed E-state index contributed by atoms with van der Waals surface area (Å²) >= 11 is 0. The van der Waals surface area contributed by atoms with Gasteiger partial charge in [-0.25, -0.2) is 4.79 Å². The first-order chi connectivity index (χ1) is 15.6. The molecule has 0 fully saturated rings. The molecule has 168 valence electrons. The molecule has 0 bridgehead atoms. The molecule has 0 saturated carbocycles. The Balaban J connectivity index is 1.54. The van der Waals surface area contributed by atoms with Crippen LogP contribution in [0.5, 0.6) is 5.75 Å². The van der Waals surface area contributed by atoms with Gasteiger partial charge in [-0.15, -0.1) is 0 Å². The molecule has 32 heavy (non-hydrogen) atoms. The average Bonchev–Trinajstić information content (AvgIpc) is 2.84. The molecule has 0 heterocycles. The highest BCUT2D eigenvalue weighted by atomic mass is 16.5. The number of nitrogens with one attached hydrogen (secondary N) is 3. The van der Waals surface area contributed by atoms with Gasteiger partial charge in [-0.3, -0.25) is 0 Å². The van der Waals surface area contributed by atoms with Gasteiger partial charge in [0.05, 0.1) is 19.3 Å². The number of aliphatic hydroxyl groups is 1. The van der Waals surface area contributed by atoms with Gasteiger partial charge < -0.3 is 25.8 Å². The van der Waals surface area contributed by atoms with Crippen LogP contribution in [0.3, 0.4) is 0 Å². The molecule has 0 saturated heterocycles. The first-order valence-corrected chi connectivity index (χ1v) is 10.8. The van der Waals surface area contributed by atoms with E-state index in [4.69, 9.17) is 4.74 Å². The number of urea groups is 1. The quantitative estimate of drug-likeness (QED) is 0.374. The normalized spacial score (nSPS) is 12.6. The van der Waals surface area contributed by atoms with Gasteiger partial charge in [0, 0.05) is 19.6 Å². The maximum atomic E-state index is 12.5. The smallest absolute Gasteiger partial charge is 0.315 e. The average molecular weight is 434 g/mol. The maximum absolute atomic E-state index is 12.5. The molecule has 2 amide bonds. The van der Waals surface area contributed by atoms with Crippen LogP contribution in [-0.4, -0.2) is 36.9 Å². The summed E-state index contributed by atoms with van der Waals surface area (Å²) in [4.78, 5) is 12.5.